The molecule has 0 amide bonds. The van der Waals surface area contributed by atoms with Gasteiger partial charge in [-0.05, 0) is 24.3 Å². The van der Waals surface area contributed by atoms with E-state index in [-0.39, 0.29) is 18.0 Å². The second-order valence-electron chi connectivity index (χ2n) is 4.40. The second kappa shape index (κ2) is 4.67. The average Bonchev–Trinajstić information content (AvgIpc) is 2.40. The highest BCUT2D eigenvalue weighted by Gasteiger charge is 2.29. The molecule has 96 valence electrons. The minimum Gasteiger partial charge on any atom is -0.484 e. The van der Waals surface area contributed by atoms with E-state index in [1.165, 1.54) is 6.07 Å². The van der Waals surface area contributed by atoms with Gasteiger partial charge in [0.2, 0.25) is 0 Å². The third kappa shape index (κ3) is 2.22. The van der Waals surface area contributed by atoms with Crippen LogP contribution in [0.15, 0.2) is 42.5 Å². The van der Waals surface area contributed by atoms with E-state index < -0.39 is 6.10 Å². The number of benzene rings is 2. The summed E-state index contributed by atoms with van der Waals surface area (Å²) in [5, 5.41) is 0.486. The van der Waals surface area contributed by atoms with Gasteiger partial charge in [-0.15, -0.1) is 0 Å². The van der Waals surface area contributed by atoms with Crippen molar-refractivity contribution >= 4 is 17.4 Å². The molecule has 2 nitrogen and oxygen atoms in total. The first-order valence-corrected chi connectivity index (χ1v) is 6.27. The lowest BCUT2D eigenvalue weighted by Gasteiger charge is -2.25. The highest BCUT2D eigenvalue weighted by Crippen LogP contribution is 2.36. The lowest BCUT2D eigenvalue weighted by atomic mass is 9.96. The van der Waals surface area contributed by atoms with Gasteiger partial charge in [-0.25, -0.2) is 4.39 Å². The number of rotatable bonds is 1. The molecule has 0 fully saturated rings. The summed E-state index contributed by atoms with van der Waals surface area (Å²) in [4.78, 5) is 12.1. The Labute approximate surface area is 114 Å². The van der Waals surface area contributed by atoms with Crippen molar-refractivity contribution in [2.75, 3.05) is 0 Å². The number of Topliss-reactive ketones (excluding diaryl/α,β-unsaturated/α-hetero) is 1. The van der Waals surface area contributed by atoms with Crippen molar-refractivity contribution in [3.8, 4) is 5.75 Å². The number of ketones is 1. The van der Waals surface area contributed by atoms with Gasteiger partial charge in [0.15, 0.2) is 5.78 Å². The number of carbonyl (C=O) groups excluding carboxylic acids is 1. The Bertz CT molecular complexity index is 654. The Hall–Kier alpha value is -1.87. The van der Waals surface area contributed by atoms with Gasteiger partial charge in [-0.2, -0.15) is 0 Å². The molecule has 0 N–H and O–H groups in total. The second-order valence-corrected chi connectivity index (χ2v) is 4.83. The normalized spacial score (nSPS) is 17.8. The zero-order valence-electron chi connectivity index (χ0n) is 9.90. The van der Waals surface area contributed by atoms with Crippen molar-refractivity contribution < 1.29 is 13.9 Å². The van der Waals surface area contributed by atoms with Crippen molar-refractivity contribution in [3.63, 3.8) is 0 Å². The molecule has 2 aromatic carbocycles. The van der Waals surface area contributed by atoms with Gasteiger partial charge in [-0.1, -0.05) is 29.8 Å². The SMILES string of the molecule is O=C1CC(c2ccccc2F)Oc2ccc(Cl)cc21. The third-order valence-corrected chi connectivity index (χ3v) is 3.37. The van der Waals surface area contributed by atoms with Crippen molar-refractivity contribution in [2.45, 2.75) is 12.5 Å². The van der Waals surface area contributed by atoms with Crippen molar-refractivity contribution in [1.82, 2.24) is 0 Å². The molecule has 0 aliphatic carbocycles. The van der Waals surface area contributed by atoms with Gasteiger partial charge in [0.1, 0.15) is 17.7 Å². The molecule has 1 aliphatic rings. The van der Waals surface area contributed by atoms with Crippen LogP contribution in [0.3, 0.4) is 0 Å². The fourth-order valence-corrected chi connectivity index (χ4v) is 2.38. The van der Waals surface area contributed by atoms with Crippen LogP contribution >= 0.6 is 11.6 Å². The van der Waals surface area contributed by atoms with Gasteiger partial charge >= 0.3 is 0 Å². The Balaban J connectivity index is 2.00. The van der Waals surface area contributed by atoms with Gasteiger partial charge < -0.3 is 4.74 Å². The van der Waals surface area contributed by atoms with Crippen molar-refractivity contribution in [1.29, 1.82) is 0 Å². The lowest BCUT2D eigenvalue weighted by Crippen LogP contribution is -2.21. The summed E-state index contributed by atoms with van der Waals surface area (Å²) in [6, 6.07) is 11.2. The van der Waals surface area contributed by atoms with Gasteiger partial charge in [0, 0.05) is 10.6 Å². The molecule has 3 rings (SSSR count). The predicted octanol–water partition coefficient (Wildman–Crippen LogP) is 4.19. The van der Waals surface area contributed by atoms with Gasteiger partial charge in [0.25, 0.3) is 0 Å². The van der Waals surface area contributed by atoms with E-state index in [0.29, 0.717) is 21.9 Å². The van der Waals surface area contributed by atoms with E-state index in [0.717, 1.165) is 0 Å². The molecule has 1 aliphatic heterocycles. The van der Waals surface area contributed by atoms with Crippen LogP contribution in [-0.2, 0) is 0 Å². The molecule has 19 heavy (non-hydrogen) atoms. The monoisotopic (exact) mass is 276 g/mol. The number of hydrogen-bond acceptors (Lipinski definition) is 2. The van der Waals surface area contributed by atoms with Gasteiger partial charge in [0.05, 0.1) is 12.0 Å². The van der Waals surface area contributed by atoms with E-state index in [1.54, 1.807) is 36.4 Å². The van der Waals surface area contributed by atoms with E-state index in [9.17, 15) is 9.18 Å². The largest absolute Gasteiger partial charge is 0.484 e. The van der Waals surface area contributed by atoms with Crippen LogP contribution in [0.25, 0.3) is 0 Å². The Morgan fingerprint density at radius 2 is 2.00 bits per heavy atom. The Kier molecular flexibility index (Phi) is 2.99. The molecule has 0 radical (unpaired) electrons. The topological polar surface area (TPSA) is 26.3 Å². The zero-order chi connectivity index (χ0) is 13.4. The van der Waals surface area contributed by atoms with Crippen LogP contribution in [0, 0.1) is 5.82 Å². The fraction of sp³-hybridized carbons (Fsp3) is 0.133. The number of halogens is 2. The molecule has 1 atom stereocenters. The van der Waals surface area contributed by atoms with Crippen LogP contribution in [-0.4, -0.2) is 5.78 Å². The molecule has 0 aromatic heterocycles. The first kappa shape index (κ1) is 12.2. The van der Waals surface area contributed by atoms with Crippen LogP contribution < -0.4 is 4.74 Å². The third-order valence-electron chi connectivity index (χ3n) is 3.13. The molecule has 0 spiro atoms. The highest BCUT2D eigenvalue weighted by molar-refractivity contribution is 6.31. The quantitative estimate of drug-likeness (QED) is 0.781. The molecule has 0 saturated carbocycles. The average molecular weight is 277 g/mol. The first-order valence-electron chi connectivity index (χ1n) is 5.89. The summed E-state index contributed by atoms with van der Waals surface area (Å²) in [5.74, 6) is 0.00335. The molecule has 1 unspecified atom stereocenters. The summed E-state index contributed by atoms with van der Waals surface area (Å²) in [5.41, 5.74) is 0.858. The van der Waals surface area contributed by atoms with E-state index in [2.05, 4.69) is 0 Å². The first-order chi connectivity index (χ1) is 9.15. The maximum absolute atomic E-state index is 13.7. The van der Waals surface area contributed by atoms with E-state index in [1.807, 2.05) is 0 Å². The van der Waals surface area contributed by atoms with Crippen LogP contribution in [0.4, 0.5) is 4.39 Å². The smallest absolute Gasteiger partial charge is 0.170 e. The molecular formula is C15H10ClFO2. The van der Waals surface area contributed by atoms with Crippen molar-refractivity contribution in [2.24, 2.45) is 0 Å². The lowest BCUT2D eigenvalue weighted by molar-refractivity contribution is 0.0846. The number of ether oxygens (including phenoxy) is 1. The number of carbonyl (C=O) groups is 1. The molecule has 0 saturated heterocycles. The van der Waals surface area contributed by atoms with E-state index in [4.69, 9.17) is 16.3 Å². The highest BCUT2D eigenvalue weighted by atomic mass is 35.5. The molecule has 4 heteroatoms. The number of hydrogen-bond donors (Lipinski definition) is 0. The maximum Gasteiger partial charge on any atom is 0.170 e. The van der Waals surface area contributed by atoms with Crippen LogP contribution in [0.5, 0.6) is 5.75 Å². The Morgan fingerprint density at radius 1 is 1.21 bits per heavy atom. The molecule has 1 heterocycles. The maximum atomic E-state index is 13.7. The Morgan fingerprint density at radius 3 is 2.79 bits per heavy atom. The van der Waals surface area contributed by atoms with Crippen molar-refractivity contribution in [3.05, 3.63) is 64.4 Å². The van der Waals surface area contributed by atoms with Crippen LogP contribution in [0.1, 0.15) is 28.4 Å². The van der Waals surface area contributed by atoms with Crippen LogP contribution in [0.2, 0.25) is 5.02 Å². The van der Waals surface area contributed by atoms with Gasteiger partial charge in [-0.3, -0.25) is 4.79 Å². The minimum absolute atomic E-state index is 0.0861. The number of fused-ring (bicyclic) bond motifs is 1. The fourth-order valence-electron chi connectivity index (χ4n) is 2.21. The summed E-state index contributed by atoms with van der Waals surface area (Å²) >= 11 is 5.85. The summed E-state index contributed by atoms with van der Waals surface area (Å²) in [7, 11) is 0. The minimum atomic E-state index is -0.581. The summed E-state index contributed by atoms with van der Waals surface area (Å²) in [6.45, 7) is 0. The zero-order valence-corrected chi connectivity index (χ0v) is 10.7. The summed E-state index contributed by atoms with van der Waals surface area (Å²) < 4.78 is 19.4. The summed E-state index contributed by atoms with van der Waals surface area (Å²) in [6.07, 6.45) is -0.462. The molecule has 2 aromatic rings. The van der Waals surface area contributed by atoms with E-state index >= 15 is 0 Å². The predicted molar refractivity (Wildman–Crippen MR) is 70.2 cm³/mol. The molecule has 0 bridgehead atoms. The standard InChI is InChI=1S/C15H10ClFO2/c16-9-5-6-14-11(7-9)13(18)8-15(19-14)10-3-1-2-4-12(10)17/h1-7,15H,8H2. The molecular weight excluding hydrogens is 267 g/mol.